The van der Waals surface area contributed by atoms with E-state index < -0.39 is 27.4 Å². The summed E-state index contributed by atoms with van der Waals surface area (Å²) in [6.07, 6.45) is 0. The maximum atomic E-state index is 13.1. The minimum atomic E-state index is -4.04. The van der Waals surface area contributed by atoms with E-state index in [1.807, 2.05) is 0 Å². The highest BCUT2D eigenvalue weighted by Gasteiger charge is 2.17. The number of aromatic nitrogens is 1. The number of hydrogen-bond acceptors (Lipinski definition) is 4. The van der Waals surface area contributed by atoms with Crippen molar-refractivity contribution in [2.75, 3.05) is 4.72 Å². The van der Waals surface area contributed by atoms with Gasteiger partial charge in [-0.3, -0.25) is 9.71 Å². The van der Waals surface area contributed by atoms with Crippen molar-refractivity contribution in [3.63, 3.8) is 0 Å². The normalized spacial score (nSPS) is 11.7. The Labute approximate surface area is 122 Å². The molecule has 0 saturated heterocycles. The van der Waals surface area contributed by atoms with Crippen molar-refractivity contribution in [2.24, 2.45) is 0 Å². The minimum Gasteiger partial charge on any atom is -0.408 e. The third-order valence-corrected chi connectivity index (χ3v) is 4.25. The van der Waals surface area contributed by atoms with Gasteiger partial charge in [0.05, 0.1) is 16.1 Å². The van der Waals surface area contributed by atoms with Gasteiger partial charge in [0.15, 0.2) is 17.2 Å². The largest absolute Gasteiger partial charge is 0.417 e. The Balaban J connectivity index is 1.99. The van der Waals surface area contributed by atoms with Crippen LogP contribution < -0.4 is 10.5 Å². The second-order valence-corrected chi connectivity index (χ2v) is 6.09. The van der Waals surface area contributed by atoms with Crippen molar-refractivity contribution in [3.8, 4) is 0 Å². The average molecular weight is 326 g/mol. The second-order valence-electron chi connectivity index (χ2n) is 4.41. The van der Waals surface area contributed by atoms with Crippen LogP contribution in [0, 0.1) is 11.6 Å². The molecule has 0 unspecified atom stereocenters. The number of hydrogen-bond donors (Lipinski definition) is 2. The lowest BCUT2D eigenvalue weighted by atomic mass is 10.3. The minimum absolute atomic E-state index is 0.0677. The lowest BCUT2D eigenvalue weighted by Gasteiger charge is -2.08. The number of halogens is 2. The SMILES string of the molecule is O=c1[nH]c2ccc(S(=O)(=O)Nc3ccc(F)c(F)c3)cc2o1. The number of aromatic amines is 1. The van der Waals surface area contributed by atoms with Crippen molar-refractivity contribution in [1.82, 2.24) is 4.98 Å². The molecule has 0 atom stereocenters. The average Bonchev–Trinajstić information content (AvgIpc) is 2.81. The first-order valence-electron chi connectivity index (χ1n) is 5.96. The van der Waals surface area contributed by atoms with Crippen molar-refractivity contribution in [2.45, 2.75) is 4.90 Å². The van der Waals surface area contributed by atoms with Gasteiger partial charge in [0.25, 0.3) is 10.0 Å². The fourth-order valence-corrected chi connectivity index (χ4v) is 2.93. The molecule has 9 heteroatoms. The summed E-state index contributed by atoms with van der Waals surface area (Å²) in [6, 6.07) is 6.37. The summed E-state index contributed by atoms with van der Waals surface area (Å²) in [5.41, 5.74) is 0.282. The Morgan fingerprint density at radius 1 is 1.05 bits per heavy atom. The molecular formula is C13H8F2N2O4S. The fraction of sp³-hybridized carbons (Fsp3) is 0. The van der Waals surface area contributed by atoms with Gasteiger partial charge < -0.3 is 4.42 Å². The van der Waals surface area contributed by atoms with Crippen molar-refractivity contribution < 1.29 is 21.6 Å². The van der Waals surface area contributed by atoms with Crippen LogP contribution in [0.1, 0.15) is 0 Å². The van der Waals surface area contributed by atoms with E-state index in [-0.39, 0.29) is 16.2 Å². The first-order valence-corrected chi connectivity index (χ1v) is 7.44. The molecule has 0 spiro atoms. The third kappa shape index (κ3) is 2.58. The van der Waals surface area contributed by atoms with E-state index in [1.165, 1.54) is 12.1 Å². The van der Waals surface area contributed by atoms with E-state index >= 15 is 0 Å². The molecule has 1 heterocycles. The summed E-state index contributed by atoms with van der Waals surface area (Å²) in [5.74, 6) is -2.97. The van der Waals surface area contributed by atoms with Gasteiger partial charge in [-0.05, 0) is 24.3 Å². The van der Waals surface area contributed by atoms with Crippen LogP contribution in [0.4, 0.5) is 14.5 Å². The number of nitrogens with one attached hydrogen (secondary N) is 2. The van der Waals surface area contributed by atoms with Crippen molar-refractivity contribution in [3.05, 3.63) is 58.6 Å². The molecule has 114 valence electrons. The van der Waals surface area contributed by atoms with E-state index in [9.17, 15) is 22.0 Å². The Kier molecular flexibility index (Phi) is 3.21. The van der Waals surface area contributed by atoms with Gasteiger partial charge in [0.1, 0.15) is 0 Å². The zero-order valence-electron chi connectivity index (χ0n) is 10.8. The van der Waals surface area contributed by atoms with Crippen LogP contribution in [-0.4, -0.2) is 13.4 Å². The lowest BCUT2D eigenvalue weighted by Crippen LogP contribution is -2.13. The number of H-pyrrole nitrogens is 1. The Bertz CT molecular complexity index is 1020. The molecule has 0 aliphatic heterocycles. The quantitative estimate of drug-likeness (QED) is 0.772. The van der Waals surface area contributed by atoms with Gasteiger partial charge in [-0.25, -0.2) is 22.0 Å². The second kappa shape index (κ2) is 4.95. The number of anilines is 1. The molecule has 0 fully saturated rings. The summed E-state index contributed by atoms with van der Waals surface area (Å²) < 4.78 is 57.2. The monoisotopic (exact) mass is 326 g/mol. The number of oxazole rings is 1. The highest BCUT2D eigenvalue weighted by Crippen LogP contribution is 2.21. The third-order valence-electron chi connectivity index (χ3n) is 2.87. The number of fused-ring (bicyclic) bond motifs is 1. The van der Waals surface area contributed by atoms with Gasteiger partial charge in [-0.1, -0.05) is 0 Å². The molecule has 0 aliphatic carbocycles. The number of benzene rings is 2. The molecule has 2 aromatic carbocycles. The van der Waals surface area contributed by atoms with Gasteiger partial charge >= 0.3 is 5.76 Å². The summed E-state index contributed by atoms with van der Waals surface area (Å²) in [5, 5.41) is 0. The predicted octanol–water partition coefficient (Wildman–Crippen LogP) is 2.20. The molecular weight excluding hydrogens is 318 g/mol. The van der Waals surface area contributed by atoms with Crippen LogP contribution in [0.25, 0.3) is 11.1 Å². The van der Waals surface area contributed by atoms with Crippen LogP contribution >= 0.6 is 0 Å². The molecule has 6 nitrogen and oxygen atoms in total. The fourth-order valence-electron chi connectivity index (χ4n) is 1.87. The Hall–Kier alpha value is -2.68. The molecule has 0 aliphatic rings. The van der Waals surface area contributed by atoms with Gasteiger partial charge in [-0.15, -0.1) is 0 Å². The van der Waals surface area contributed by atoms with Crippen LogP contribution in [0.15, 0.2) is 50.5 Å². The lowest BCUT2D eigenvalue weighted by molar-refractivity contribution is 0.509. The molecule has 0 radical (unpaired) electrons. The summed E-state index contributed by atoms with van der Waals surface area (Å²) in [6.45, 7) is 0. The molecule has 3 rings (SSSR count). The Morgan fingerprint density at radius 2 is 1.82 bits per heavy atom. The van der Waals surface area contributed by atoms with E-state index in [2.05, 4.69) is 9.71 Å². The molecule has 0 saturated carbocycles. The van der Waals surface area contributed by atoms with E-state index in [0.29, 0.717) is 5.52 Å². The zero-order chi connectivity index (χ0) is 15.9. The van der Waals surface area contributed by atoms with Crippen LogP contribution in [0.5, 0.6) is 0 Å². The van der Waals surface area contributed by atoms with E-state index in [4.69, 9.17) is 4.42 Å². The van der Waals surface area contributed by atoms with Crippen LogP contribution in [-0.2, 0) is 10.0 Å². The van der Waals surface area contributed by atoms with Crippen LogP contribution in [0.3, 0.4) is 0 Å². The summed E-state index contributed by atoms with van der Waals surface area (Å²) >= 11 is 0. The smallest absolute Gasteiger partial charge is 0.408 e. The highest BCUT2D eigenvalue weighted by molar-refractivity contribution is 7.92. The number of rotatable bonds is 3. The summed E-state index contributed by atoms with van der Waals surface area (Å²) in [7, 11) is -4.04. The molecule has 22 heavy (non-hydrogen) atoms. The highest BCUT2D eigenvalue weighted by atomic mass is 32.2. The first kappa shape index (κ1) is 14.3. The molecule has 0 amide bonds. The maximum Gasteiger partial charge on any atom is 0.417 e. The zero-order valence-corrected chi connectivity index (χ0v) is 11.6. The standard InChI is InChI=1S/C13H8F2N2O4S/c14-9-3-1-7(5-10(9)15)17-22(19,20)8-2-4-11-12(6-8)21-13(18)16-11/h1-6,17H,(H,16,18). The van der Waals surface area contributed by atoms with E-state index in [1.54, 1.807) is 0 Å². The molecule has 2 N–H and O–H groups in total. The Morgan fingerprint density at radius 3 is 2.55 bits per heavy atom. The van der Waals surface area contributed by atoms with Gasteiger partial charge in [-0.2, -0.15) is 0 Å². The van der Waals surface area contributed by atoms with Crippen molar-refractivity contribution in [1.29, 1.82) is 0 Å². The molecule has 3 aromatic rings. The molecule has 0 bridgehead atoms. The molecule has 1 aromatic heterocycles. The number of sulfonamides is 1. The summed E-state index contributed by atoms with van der Waals surface area (Å²) in [4.78, 5) is 13.2. The maximum absolute atomic E-state index is 13.1. The van der Waals surface area contributed by atoms with Gasteiger partial charge in [0.2, 0.25) is 0 Å². The predicted molar refractivity (Wildman–Crippen MR) is 74.0 cm³/mol. The topological polar surface area (TPSA) is 92.2 Å². The van der Waals surface area contributed by atoms with Crippen molar-refractivity contribution >= 4 is 26.8 Å². The van der Waals surface area contributed by atoms with Gasteiger partial charge in [0, 0.05) is 12.1 Å². The van der Waals surface area contributed by atoms with Crippen LogP contribution in [0.2, 0.25) is 0 Å². The first-order chi connectivity index (χ1) is 10.3. The van der Waals surface area contributed by atoms with E-state index in [0.717, 1.165) is 24.3 Å².